The van der Waals surface area contributed by atoms with Gasteiger partial charge in [0.05, 0.1) is 11.3 Å². The fourth-order valence-corrected chi connectivity index (χ4v) is 2.63. The molecule has 1 aromatic carbocycles. The molecule has 2 heterocycles. The average Bonchev–Trinajstić information content (AvgIpc) is 3.26. The molecule has 0 aliphatic carbocycles. The van der Waals surface area contributed by atoms with Crippen molar-refractivity contribution in [2.24, 2.45) is 0 Å². The Bertz CT molecular complexity index is 735. The minimum atomic E-state index is -0.543. The van der Waals surface area contributed by atoms with Gasteiger partial charge in [0.25, 0.3) is 0 Å². The summed E-state index contributed by atoms with van der Waals surface area (Å²) in [6.07, 6.45) is 3.15. The van der Waals surface area contributed by atoms with Crippen molar-refractivity contribution in [3.05, 3.63) is 59.4 Å². The summed E-state index contributed by atoms with van der Waals surface area (Å²) < 4.78 is 5.03. The van der Waals surface area contributed by atoms with Crippen LogP contribution in [-0.4, -0.2) is 40.7 Å². The number of aromatic amines is 1. The summed E-state index contributed by atoms with van der Waals surface area (Å²) in [5.41, 5.74) is 1.75. The number of carbonyl (C=O) groups excluding carboxylic acids is 3. The maximum atomic E-state index is 12.0. The third-order valence-electron chi connectivity index (χ3n) is 3.97. The Hall–Kier alpha value is -2.89. The van der Waals surface area contributed by atoms with E-state index in [1.165, 1.54) is 0 Å². The van der Waals surface area contributed by atoms with Gasteiger partial charge in [-0.15, -0.1) is 0 Å². The van der Waals surface area contributed by atoms with Gasteiger partial charge in [0.1, 0.15) is 0 Å². The summed E-state index contributed by atoms with van der Waals surface area (Å²) in [4.78, 5) is 39.9. The molecule has 24 heavy (non-hydrogen) atoms. The maximum absolute atomic E-state index is 12.0. The SMILES string of the molecule is O=C(OCC(=O)c1ccc[nH]1)c1ccc(CN2CCCC2=O)cc1. The Labute approximate surface area is 139 Å². The number of hydrogen-bond acceptors (Lipinski definition) is 4. The Morgan fingerprint density at radius 3 is 2.58 bits per heavy atom. The molecule has 6 heteroatoms. The van der Waals surface area contributed by atoms with E-state index in [1.54, 1.807) is 42.6 Å². The molecule has 0 radical (unpaired) electrons. The molecule has 3 rings (SSSR count). The van der Waals surface area contributed by atoms with Crippen LogP contribution in [0.3, 0.4) is 0 Å². The summed E-state index contributed by atoms with van der Waals surface area (Å²) in [5.74, 6) is -0.655. The van der Waals surface area contributed by atoms with E-state index in [-0.39, 0.29) is 18.3 Å². The van der Waals surface area contributed by atoms with Gasteiger partial charge in [-0.3, -0.25) is 9.59 Å². The minimum absolute atomic E-state index is 0.168. The number of likely N-dealkylation sites (tertiary alicyclic amines) is 1. The molecule has 1 saturated heterocycles. The quantitative estimate of drug-likeness (QED) is 0.652. The highest BCUT2D eigenvalue weighted by Crippen LogP contribution is 2.15. The number of H-pyrrole nitrogens is 1. The van der Waals surface area contributed by atoms with Gasteiger partial charge >= 0.3 is 5.97 Å². The molecule has 1 amide bonds. The number of esters is 1. The van der Waals surface area contributed by atoms with Crippen LogP contribution in [-0.2, 0) is 16.1 Å². The molecule has 0 unspecified atom stereocenters. The molecule has 0 bridgehead atoms. The smallest absolute Gasteiger partial charge is 0.338 e. The lowest BCUT2D eigenvalue weighted by molar-refractivity contribution is -0.128. The first-order chi connectivity index (χ1) is 11.6. The Morgan fingerprint density at radius 2 is 1.96 bits per heavy atom. The Morgan fingerprint density at radius 1 is 1.17 bits per heavy atom. The van der Waals surface area contributed by atoms with E-state index in [0.29, 0.717) is 24.2 Å². The lowest BCUT2D eigenvalue weighted by atomic mass is 10.1. The molecule has 1 aliphatic heterocycles. The number of carbonyl (C=O) groups is 3. The minimum Gasteiger partial charge on any atom is -0.454 e. The molecule has 1 N–H and O–H groups in total. The molecule has 1 fully saturated rings. The van der Waals surface area contributed by atoms with Crippen molar-refractivity contribution >= 4 is 17.7 Å². The van der Waals surface area contributed by atoms with Crippen LogP contribution in [0.1, 0.15) is 39.3 Å². The number of nitrogens with one attached hydrogen (secondary N) is 1. The molecule has 1 aromatic heterocycles. The predicted octanol–water partition coefficient (Wildman–Crippen LogP) is 2.18. The highest BCUT2D eigenvalue weighted by atomic mass is 16.5. The first-order valence-electron chi connectivity index (χ1n) is 7.84. The van der Waals surface area contributed by atoms with Crippen LogP contribution in [0.5, 0.6) is 0 Å². The van der Waals surface area contributed by atoms with Crippen LogP contribution in [0, 0.1) is 0 Å². The number of ketones is 1. The summed E-state index contributed by atoms with van der Waals surface area (Å²) in [5, 5.41) is 0. The van der Waals surface area contributed by atoms with E-state index >= 15 is 0 Å². The predicted molar refractivity (Wildman–Crippen MR) is 86.5 cm³/mol. The van der Waals surface area contributed by atoms with Crippen LogP contribution >= 0.6 is 0 Å². The largest absolute Gasteiger partial charge is 0.454 e. The number of aromatic nitrogens is 1. The number of rotatable bonds is 6. The topological polar surface area (TPSA) is 79.5 Å². The summed E-state index contributed by atoms with van der Waals surface area (Å²) in [6.45, 7) is 1.03. The molecule has 124 valence electrons. The molecular weight excluding hydrogens is 308 g/mol. The van der Waals surface area contributed by atoms with Crippen molar-refractivity contribution in [2.45, 2.75) is 19.4 Å². The van der Waals surface area contributed by atoms with E-state index in [9.17, 15) is 14.4 Å². The van der Waals surface area contributed by atoms with Crippen molar-refractivity contribution in [1.29, 1.82) is 0 Å². The van der Waals surface area contributed by atoms with Crippen LogP contribution < -0.4 is 0 Å². The Kier molecular flexibility index (Phi) is 4.74. The molecule has 0 spiro atoms. The van der Waals surface area contributed by atoms with Gasteiger partial charge < -0.3 is 14.6 Å². The lowest BCUT2D eigenvalue weighted by Gasteiger charge is -2.15. The van der Waals surface area contributed by atoms with Gasteiger partial charge in [-0.05, 0) is 36.2 Å². The Balaban J connectivity index is 1.53. The van der Waals surface area contributed by atoms with Crippen molar-refractivity contribution in [2.75, 3.05) is 13.2 Å². The van der Waals surface area contributed by atoms with Crippen molar-refractivity contribution in [3.63, 3.8) is 0 Å². The van der Waals surface area contributed by atoms with E-state index < -0.39 is 5.97 Å². The molecule has 6 nitrogen and oxygen atoms in total. The van der Waals surface area contributed by atoms with Crippen molar-refractivity contribution in [1.82, 2.24) is 9.88 Å². The fraction of sp³-hybridized carbons (Fsp3) is 0.278. The maximum Gasteiger partial charge on any atom is 0.338 e. The molecule has 2 aromatic rings. The number of amides is 1. The number of ether oxygens (including phenoxy) is 1. The second-order valence-electron chi connectivity index (χ2n) is 5.70. The van der Waals surface area contributed by atoms with Gasteiger partial charge in [0.2, 0.25) is 11.7 Å². The number of Topliss-reactive ketones (excluding diaryl/α,β-unsaturated/α-hetero) is 1. The first-order valence-corrected chi connectivity index (χ1v) is 7.84. The highest BCUT2D eigenvalue weighted by Gasteiger charge is 2.20. The summed E-state index contributed by atoms with van der Waals surface area (Å²) in [6, 6.07) is 10.2. The zero-order chi connectivity index (χ0) is 16.9. The van der Waals surface area contributed by atoms with Crippen LogP contribution in [0.25, 0.3) is 0 Å². The second kappa shape index (κ2) is 7.12. The zero-order valence-electron chi connectivity index (χ0n) is 13.2. The van der Waals surface area contributed by atoms with E-state index in [0.717, 1.165) is 18.5 Å². The van der Waals surface area contributed by atoms with Gasteiger partial charge in [-0.25, -0.2) is 4.79 Å². The second-order valence-corrected chi connectivity index (χ2v) is 5.70. The van der Waals surface area contributed by atoms with E-state index in [4.69, 9.17) is 4.74 Å². The van der Waals surface area contributed by atoms with E-state index in [1.807, 2.05) is 4.90 Å². The molecule has 0 saturated carbocycles. The van der Waals surface area contributed by atoms with Crippen LogP contribution in [0.2, 0.25) is 0 Å². The van der Waals surface area contributed by atoms with Gasteiger partial charge in [-0.2, -0.15) is 0 Å². The first kappa shape index (κ1) is 16.0. The van der Waals surface area contributed by atoms with Gasteiger partial charge in [0.15, 0.2) is 6.61 Å². The van der Waals surface area contributed by atoms with Gasteiger partial charge in [-0.1, -0.05) is 12.1 Å². The molecular formula is C18H18N2O4. The van der Waals surface area contributed by atoms with Gasteiger partial charge in [0, 0.05) is 25.7 Å². The standard InChI is InChI=1S/C18H18N2O4/c21-16(15-3-1-9-19-15)12-24-18(23)14-7-5-13(6-8-14)11-20-10-2-4-17(20)22/h1,3,5-9,19H,2,4,10-12H2. The summed E-state index contributed by atoms with van der Waals surface area (Å²) in [7, 11) is 0. The monoisotopic (exact) mass is 326 g/mol. The fourth-order valence-electron chi connectivity index (χ4n) is 2.63. The lowest BCUT2D eigenvalue weighted by Crippen LogP contribution is -2.23. The summed E-state index contributed by atoms with van der Waals surface area (Å²) >= 11 is 0. The van der Waals surface area contributed by atoms with Crippen molar-refractivity contribution < 1.29 is 19.1 Å². The third kappa shape index (κ3) is 3.71. The van der Waals surface area contributed by atoms with Crippen LogP contribution in [0.15, 0.2) is 42.6 Å². The van der Waals surface area contributed by atoms with Crippen LogP contribution in [0.4, 0.5) is 0 Å². The number of benzene rings is 1. The zero-order valence-corrected chi connectivity index (χ0v) is 13.2. The third-order valence-corrected chi connectivity index (χ3v) is 3.97. The normalized spacial score (nSPS) is 14.0. The highest BCUT2D eigenvalue weighted by molar-refractivity contribution is 5.98. The molecule has 0 atom stereocenters. The van der Waals surface area contributed by atoms with Crippen molar-refractivity contribution in [3.8, 4) is 0 Å². The number of nitrogens with zero attached hydrogens (tertiary/aromatic N) is 1. The van der Waals surface area contributed by atoms with E-state index in [2.05, 4.69) is 4.98 Å². The average molecular weight is 326 g/mol. The number of hydrogen-bond donors (Lipinski definition) is 1. The molecule has 1 aliphatic rings.